The summed E-state index contributed by atoms with van der Waals surface area (Å²) in [5.74, 6) is 0.453. The zero-order valence-corrected chi connectivity index (χ0v) is 20.7. The molecule has 8 heteroatoms. The largest absolute Gasteiger partial charge is 0.490 e. The Bertz CT molecular complexity index is 1250. The Hall–Kier alpha value is -3.62. The lowest BCUT2D eigenvalue weighted by Gasteiger charge is -2.15. The zero-order valence-electron chi connectivity index (χ0n) is 19.1. The average molecular weight is 505 g/mol. The minimum atomic E-state index is -0.404. The molecule has 3 aromatic rings. The number of amides is 2. The third kappa shape index (κ3) is 6.29. The molecule has 3 aromatic carbocycles. The van der Waals surface area contributed by atoms with Crippen LogP contribution in [-0.4, -0.2) is 34.4 Å². The lowest BCUT2D eigenvalue weighted by molar-refractivity contribution is -0.123. The van der Waals surface area contributed by atoms with Crippen LogP contribution in [0.1, 0.15) is 28.4 Å². The van der Waals surface area contributed by atoms with Gasteiger partial charge in [0.05, 0.1) is 18.1 Å². The van der Waals surface area contributed by atoms with Gasteiger partial charge in [0.25, 0.3) is 11.8 Å². The molecular weight excluding hydrogens is 480 g/mol. The number of hydrazine groups is 1. The Labute approximate surface area is 213 Å². The van der Waals surface area contributed by atoms with E-state index in [0.29, 0.717) is 35.2 Å². The normalized spacial score (nSPS) is 14.3. The molecule has 1 saturated heterocycles. The first kappa shape index (κ1) is 24.5. The minimum absolute atomic E-state index is 0.261. The standard InChI is InChI=1S/C27H24N2O4S2/c1-2-32-23-17-20(13-14-22(23)33-16-15-19-9-5-3-6-10-19)18-24-26(31)29(27(34)35-24)28-25(30)21-11-7-4-8-12-21/h3-14,17-18H,2,15-16H2,1H3,(H,28,30)/b24-18-. The fourth-order valence-corrected chi connectivity index (χ4v) is 4.58. The van der Waals surface area contributed by atoms with Gasteiger partial charge in [-0.05, 0) is 60.6 Å². The number of rotatable bonds is 9. The summed E-state index contributed by atoms with van der Waals surface area (Å²) in [4.78, 5) is 25.8. The summed E-state index contributed by atoms with van der Waals surface area (Å²) < 4.78 is 12.0. The van der Waals surface area contributed by atoms with Crippen molar-refractivity contribution in [1.82, 2.24) is 10.4 Å². The second-order valence-corrected chi connectivity index (χ2v) is 9.22. The fraction of sp³-hybridized carbons (Fsp3) is 0.148. The van der Waals surface area contributed by atoms with E-state index in [-0.39, 0.29) is 10.2 Å². The summed E-state index contributed by atoms with van der Waals surface area (Å²) in [5.41, 5.74) is 4.99. The second-order valence-electron chi connectivity index (χ2n) is 7.55. The molecule has 0 unspecified atom stereocenters. The Balaban J connectivity index is 1.45. The number of benzene rings is 3. The van der Waals surface area contributed by atoms with Crippen LogP contribution in [-0.2, 0) is 11.2 Å². The summed E-state index contributed by atoms with van der Waals surface area (Å²) in [7, 11) is 0. The Morgan fingerprint density at radius 1 is 1.00 bits per heavy atom. The van der Waals surface area contributed by atoms with Gasteiger partial charge in [-0.3, -0.25) is 15.0 Å². The third-order valence-electron chi connectivity index (χ3n) is 5.10. The van der Waals surface area contributed by atoms with Crippen molar-refractivity contribution in [3.63, 3.8) is 0 Å². The van der Waals surface area contributed by atoms with Gasteiger partial charge in [0, 0.05) is 12.0 Å². The molecule has 0 saturated carbocycles. The van der Waals surface area contributed by atoms with Crippen LogP contribution in [0, 0.1) is 0 Å². The quantitative estimate of drug-likeness (QED) is 0.317. The SMILES string of the molecule is CCOc1cc(/C=C2\SC(=S)N(NC(=O)c3ccccc3)C2=O)ccc1OCCc1ccccc1. The number of thioether (sulfide) groups is 1. The maximum absolute atomic E-state index is 12.9. The van der Waals surface area contributed by atoms with Crippen molar-refractivity contribution < 1.29 is 19.1 Å². The highest BCUT2D eigenvalue weighted by atomic mass is 32.2. The van der Waals surface area contributed by atoms with Crippen LogP contribution in [0.4, 0.5) is 0 Å². The zero-order chi connectivity index (χ0) is 24.6. The molecule has 1 aliphatic heterocycles. The number of nitrogens with zero attached hydrogens (tertiary/aromatic N) is 1. The molecule has 4 rings (SSSR count). The number of ether oxygens (including phenoxy) is 2. The smallest absolute Gasteiger partial charge is 0.285 e. The van der Waals surface area contributed by atoms with Crippen molar-refractivity contribution in [1.29, 1.82) is 0 Å². The number of carbonyl (C=O) groups is 2. The molecule has 1 N–H and O–H groups in total. The lowest BCUT2D eigenvalue weighted by Crippen LogP contribution is -2.44. The maximum Gasteiger partial charge on any atom is 0.285 e. The highest BCUT2D eigenvalue weighted by molar-refractivity contribution is 8.26. The fourth-order valence-electron chi connectivity index (χ4n) is 3.40. The molecule has 0 radical (unpaired) electrons. The Morgan fingerprint density at radius 3 is 2.43 bits per heavy atom. The number of hydrogen-bond donors (Lipinski definition) is 1. The van der Waals surface area contributed by atoms with Gasteiger partial charge in [0.15, 0.2) is 15.8 Å². The number of nitrogens with one attached hydrogen (secondary N) is 1. The van der Waals surface area contributed by atoms with Crippen LogP contribution in [0.3, 0.4) is 0 Å². The summed E-state index contributed by atoms with van der Waals surface area (Å²) >= 11 is 6.45. The van der Waals surface area contributed by atoms with E-state index in [2.05, 4.69) is 17.6 Å². The first-order valence-electron chi connectivity index (χ1n) is 11.1. The Morgan fingerprint density at radius 2 is 1.71 bits per heavy atom. The van der Waals surface area contributed by atoms with Crippen LogP contribution in [0.25, 0.3) is 6.08 Å². The third-order valence-corrected chi connectivity index (χ3v) is 6.40. The van der Waals surface area contributed by atoms with Crippen molar-refractivity contribution in [3.8, 4) is 11.5 Å². The number of carbonyl (C=O) groups excluding carboxylic acids is 2. The van der Waals surface area contributed by atoms with Gasteiger partial charge < -0.3 is 9.47 Å². The van der Waals surface area contributed by atoms with E-state index in [0.717, 1.165) is 28.8 Å². The molecule has 2 amide bonds. The van der Waals surface area contributed by atoms with E-state index in [1.54, 1.807) is 30.3 Å². The molecule has 178 valence electrons. The minimum Gasteiger partial charge on any atom is -0.490 e. The van der Waals surface area contributed by atoms with Gasteiger partial charge in [-0.1, -0.05) is 66.4 Å². The summed E-state index contributed by atoms with van der Waals surface area (Å²) in [6.45, 7) is 2.90. The predicted octanol–water partition coefficient (Wildman–Crippen LogP) is 5.25. The van der Waals surface area contributed by atoms with Crippen LogP contribution in [0.2, 0.25) is 0 Å². The topological polar surface area (TPSA) is 67.9 Å². The highest BCUT2D eigenvalue weighted by Gasteiger charge is 2.33. The molecule has 0 aromatic heterocycles. The van der Waals surface area contributed by atoms with E-state index < -0.39 is 5.91 Å². The molecule has 1 aliphatic rings. The van der Waals surface area contributed by atoms with Gasteiger partial charge in [-0.15, -0.1) is 0 Å². The molecule has 6 nitrogen and oxygen atoms in total. The predicted molar refractivity (Wildman–Crippen MR) is 142 cm³/mol. The van der Waals surface area contributed by atoms with Gasteiger partial charge in [0.2, 0.25) is 0 Å². The molecule has 35 heavy (non-hydrogen) atoms. The number of hydrogen-bond acceptors (Lipinski definition) is 6. The van der Waals surface area contributed by atoms with Crippen molar-refractivity contribution in [2.45, 2.75) is 13.3 Å². The van der Waals surface area contributed by atoms with E-state index >= 15 is 0 Å². The maximum atomic E-state index is 12.9. The van der Waals surface area contributed by atoms with Crippen molar-refractivity contribution >= 4 is 46.2 Å². The van der Waals surface area contributed by atoms with E-state index in [1.165, 1.54) is 5.56 Å². The van der Waals surface area contributed by atoms with Gasteiger partial charge in [-0.25, -0.2) is 0 Å². The summed E-state index contributed by atoms with van der Waals surface area (Å²) in [5, 5.41) is 1.10. The molecule has 0 atom stereocenters. The van der Waals surface area contributed by atoms with E-state index in [1.807, 2.05) is 49.4 Å². The summed E-state index contributed by atoms with van der Waals surface area (Å²) in [6, 6.07) is 24.3. The first-order valence-corrected chi connectivity index (χ1v) is 12.3. The average Bonchev–Trinajstić information content (AvgIpc) is 3.14. The lowest BCUT2D eigenvalue weighted by atomic mass is 10.1. The van der Waals surface area contributed by atoms with Crippen LogP contribution in [0.5, 0.6) is 11.5 Å². The van der Waals surface area contributed by atoms with Gasteiger partial charge in [-0.2, -0.15) is 5.01 Å². The molecule has 0 bridgehead atoms. The molecule has 0 spiro atoms. The van der Waals surface area contributed by atoms with Crippen molar-refractivity contribution in [2.24, 2.45) is 0 Å². The molecular formula is C27H24N2O4S2. The van der Waals surface area contributed by atoms with E-state index in [4.69, 9.17) is 21.7 Å². The van der Waals surface area contributed by atoms with Crippen molar-refractivity contribution in [3.05, 3.63) is 100 Å². The highest BCUT2D eigenvalue weighted by Crippen LogP contribution is 2.34. The van der Waals surface area contributed by atoms with Gasteiger partial charge in [0.1, 0.15) is 0 Å². The monoisotopic (exact) mass is 504 g/mol. The first-order chi connectivity index (χ1) is 17.0. The number of thiocarbonyl (C=S) groups is 1. The van der Waals surface area contributed by atoms with E-state index in [9.17, 15) is 9.59 Å². The van der Waals surface area contributed by atoms with Crippen LogP contribution < -0.4 is 14.9 Å². The van der Waals surface area contributed by atoms with Crippen molar-refractivity contribution in [2.75, 3.05) is 13.2 Å². The summed E-state index contributed by atoms with van der Waals surface area (Å²) in [6.07, 6.45) is 2.51. The molecule has 0 aliphatic carbocycles. The Kier molecular flexibility index (Phi) is 8.18. The van der Waals surface area contributed by atoms with Crippen LogP contribution >= 0.6 is 24.0 Å². The second kappa shape index (κ2) is 11.7. The molecule has 1 heterocycles. The van der Waals surface area contributed by atoms with Crippen LogP contribution in [0.15, 0.2) is 83.8 Å². The van der Waals surface area contributed by atoms with Gasteiger partial charge >= 0.3 is 0 Å². The molecule has 1 fully saturated rings.